The molecule has 4 heterocycles. The number of amides is 2. The Morgan fingerprint density at radius 2 is 2.09 bits per heavy atom. The van der Waals surface area contributed by atoms with Gasteiger partial charge in [0.15, 0.2) is 0 Å². The summed E-state index contributed by atoms with van der Waals surface area (Å²) in [5.74, 6) is -0.553. The molecule has 2 amide bonds. The molecule has 4 rings (SSSR count). The standard InChI is InChI=1S/C14H19N3O4S2/c1-15-13(18)12-5-11(8-22-12)23(20,21)17-6-9-3-4-10(7-17)16(2)14(9)19/h5,8-10H,3-4,6-7H2,1-2H3,(H,15,18). The number of carbonyl (C=O) groups is 2. The molecule has 9 heteroatoms. The monoisotopic (exact) mass is 357 g/mol. The van der Waals surface area contributed by atoms with Crippen molar-refractivity contribution >= 4 is 33.2 Å². The van der Waals surface area contributed by atoms with Gasteiger partial charge in [-0.3, -0.25) is 9.59 Å². The fourth-order valence-corrected chi connectivity index (χ4v) is 5.89. The molecule has 0 aromatic carbocycles. The van der Waals surface area contributed by atoms with E-state index in [2.05, 4.69) is 5.32 Å². The molecule has 3 aliphatic rings. The zero-order chi connectivity index (χ0) is 16.8. The molecule has 23 heavy (non-hydrogen) atoms. The summed E-state index contributed by atoms with van der Waals surface area (Å²) in [4.78, 5) is 26.0. The average molecular weight is 357 g/mol. The first-order chi connectivity index (χ1) is 10.8. The van der Waals surface area contributed by atoms with Crippen LogP contribution in [0.25, 0.3) is 0 Å². The average Bonchev–Trinajstić information content (AvgIpc) is 2.88. The predicted molar refractivity (Wildman–Crippen MR) is 85.8 cm³/mol. The van der Waals surface area contributed by atoms with Crippen LogP contribution in [0.15, 0.2) is 16.3 Å². The van der Waals surface area contributed by atoms with Crippen molar-refractivity contribution < 1.29 is 18.0 Å². The Morgan fingerprint density at radius 3 is 2.78 bits per heavy atom. The van der Waals surface area contributed by atoms with Crippen molar-refractivity contribution in [3.63, 3.8) is 0 Å². The molecule has 2 atom stereocenters. The maximum Gasteiger partial charge on any atom is 0.261 e. The maximum atomic E-state index is 12.9. The van der Waals surface area contributed by atoms with Crippen LogP contribution in [0.3, 0.4) is 0 Å². The van der Waals surface area contributed by atoms with E-state index >= 15 is 0 Å². The number of likely N-dealkylation sites (N-methyl/N-ethyl adjacent to an activating group) is 1. The number of rotatable bonds is 3. The minimum atomic E-state index is -3.69. The molecule has 1 aromatic heterocycles. The zero-order valence-corrected chi connectivity index (χ0v) is 14.6. The Bertz CT molecular complexity index is 743. The predicted octanol–water partition coefficient (Wildman–Crippen LogP) is 0.349. The highest BCUT2D eigenvalue weighted by Gasteiger charge is 2.42. The lowest BCUT2D eigenvalue weighted by atomic mass is 9.95. The number of sulfonamides is 1. The number of hydrogen-bond acceptors (Lipinski definition) is 5. The van der Waals surface area contributed by atoms with E-state index < -0.39 is 10.0 Å². The fraction of sp³-hybridized carbons (Fsp3) is 0.571. The Kier molecular flexibility index (Phi) is 4.19. The molecular weight excluding hydrogens is 338 g/mol. The van der Waals surface area contributed by atoms with E-state index in [1.165, 1.54) is 22.8 Å². The number of fused-ring (bicyclic) bond motifs is 4. The van der Waals surface area contributed by atoms with Crippen LogP contribution in [0.4, 0.5) is 0 Å². The van der Waals surface area contributed by atoms with Gasteiger partial charge in [-0.2, -0.15) is 4.31 Å². The van der Waals surface area contributed by atoms with Crippen LogP contribution in [0, 0.1) is 5.92 Å². The summed E-state index contributed by atoms with van der Waals surface area (Å²) in [7, 11) is -0.450. The van der Waals surface area contributed by atoms with Gasteiger partial charge in [0.2, 0.25) is 15.9 Å². The van der Waals surface area contributed by atoms with Crippen molar-refractivity contribution in [1.82, 2.24) is 14.5 Å². The molecule has 1 N–H and O–H groups in total. The summed E-state index contributed by atoms with van der Waals surface area (Å²) in [6.45, 7) is 0.527. The van der Waals surface area contributed by atoms with Gasteiger partial charge in [0.25, 0.3) is 5.91 Å². The lowest BCUT2D eigenvalue weighted by molar-refractivity contribution is -0.138. The van der Waals surface area contributed by atoms with Gasteiger partial charge >= 0.3 is 0 Å². The fourth-order valence-electron chi connectivity index (χ4n) is 3.16. The number of nitrogens with one attached hydrogen (secondary N) is 1. The Morgan fingerprint density at radius 1 is 1.35 bits per heavy atom. The van der Waals surface area contributed by atoms with E-state index in [9.17, 15) is 18.0 Å². The first kappa shape index (κ1) is 16.4. The van der Waals surface area contributed by atoms with Crippen LogP contribution < -0.4 is 5.32 Å². The Balaban J connectivity index is 1.90. The molecule has 2 bridgehead atoms. The molecule has 126 valence electrons. The van der Waals surface area contributed by atoms with E-state index in [1.54, 1.807) is 11.9 Å². The van der Waals surface area contributed by atoms with Crippen LogP contribution in [-0.2, 0) is 14.8 Å². The van der Waals surface area contributed by atoms with Gasteiger partial charge in [0.1, 0.15) is 0 Å². The molecule has 1 aromatic rings. The highest BCUT2D eigenvalue weighted by Crippen LogP contribution is 2.32. The first-order valence-corrected chi connectivity index (χ1v) is 9.74. The summed E-state index contributed by atoms with van der Waals surface area (Å²) in [5.41, 5.74) is 0. The molecule has 2 unspecified atom stereocenters. The Hall–Kier alpha value is -1.45. The van der Waals surface area contributed by atoms with Gasteiger partial charge in [-0.25, -0.2) is 8.42 Å². The number of nitrogens with zero attached hydrogens (tertiary/aromatic N) is 2. The molecular formula is C14H19N3O4S2. The summed E-state index contributed by atoms with van der Waals surface area (Å²) in [6.07, 6.45) is 1.55. The topological polar surface area (TPSA) is 86.8 Å². The van der Waals surface area contributed by atoms with Crippen LogP contribution in [0.5, 0.6) is 0 Å². The SMILES string of the molecule is CNC(=O)c1cc(S(=O)(=O)N2CC3CCC(C2)N(C)C3=O)cs1. The molecule has 0 saturated carbocycles. The number of hydrogen-bond donors (Lipinski definition) is 1. The second-order valence-electron chi connectivity index (χ2n) is 5.93. The molecule has 3 saturated heterocycles. The van der Waals surface area contributed by atoms with Gasteiger partial charge in [0, 0.05) is 38.6 Å². The number of carbonyl (C=O) groups excluding carboxylic acids is 2. The van der Waals surface area contributed by atoms with Gasteiger partial charge < -0.3 is 10.2 Å². The van der Waals surface area contributed by atoms with E-state index in [4.69, 9.17) is 0 Å². The lowest BCUT2D eigenvalue weighted by Gasteiger charge is -2.32. The van der Waals surface area contributed by atoms with Crippen molar-refractivity contribution in [1.29, 1.82) is 0 Å². The quantitative estimate of drug-likeness (QED) is 0.846. The molecule has 3 aliphatic heterocycles. The normalized spacial score (nSPS) is 25.5. The Labute approximate surface area is 139 Å². The van der Waals surface area contributed by atoms with E-state index in [-0.39, 0.29) is 35.2 Å². The van der Waals surface area contributed by atoms with Crippen molar-refractivity contribution in [3.05, 3.63) is 16.3 Å². The van der Waals surface area contributed by atoms with E-state index in [0.717, 1.165) is 24.2 Å². The maximum absolute atomic E-state index is 12.9. The van der Waals surface area contributed by atoms with Crippen LogP contribution >= 0.6 is 11.3 Å². The third-order valence-corrected chi connectivity index (χ3v) is 7.48. The smallest absolute Gasteiger partial charge is 0.261 e. The number of piperidine rings is 1. The molecule has 7 nitrogen and oxygen atoms in total. The minimum absolute atomic E-state index is 0.0234. The largest absolute Gasteiger partial charge is 0.354 e. The first-order valence-electron chi connectivity index (χ1n) is 7.42. The third-order valence-electron chi connectivity index (χ3n) is 4.60. The van der Waals surface area contributed by atoms with Gasteiger partial charge in [-0.15, -0.1) is 11.3 Å². The van der Waals surface area contributed by atoms with Crippen molar-refractivity contribution in [2.75, 3.05) is 27.2 Å². The lowest BCUT2D eigenvalue weighted by Crippen LogP contribution is -2.45. The zero-order valence-electron chi connectivity index (χ0n) is 13.0. The van der Waals surface area contributed by atoms with Gasteiger partial charge in [-0.1, -0.05) is 0 Å². The summed E-state index contributed by atoms with van der Waals surface area (Å²) in [5, 5.41) is 3.97. The highest BCUT2D eigenvalue weighted by molar-refractivity contribution is 7.89. The molecule has 3 fully saturated rings. The van der Waals surface area contributed by atoms with Gasteiger partial charge in [-0.05, 0) is 18.9 Å². The summed E-state index contributed by atoms with van der Waals surface area (Å²) in [6, 6.07) is 1.32. The molecule has 0 aliphatic carbocycles. The minimum Gasteiger partial charge on any atom is -0.354 e. The van der Waals surface area contributed by atoms with E-state index in [0.29, 0.717) is 11.4 Å². The second kappa shape index (κ2) is 5.88. The summed E-state index contributed by atoms with van der Waals surface area (Å²) < 4.78 is 27.1. The van der Waals surface area contributed by atoms with E-state index in [1.807, 2.05) is 0 Å². The van der Waals surface area contributed by atoms with Crippen LogP contribution in [0.2, 0.25) is 0 Å². The second-order valence-corrected chi connectivity index (χ2v) is 8.77. The third kappa shape index (κ3) is 2.77. The number of thiophene rings is 1. The summed E-state index contributed by atoms with van der Waals surface area (Å²) >= 11 is 1.10. The van der Waals surface area contributed by atoms with Crippen LogP contribution in [-0.4, -0.2) is 62.7 Å². The van der Waals surface area contributed by atoms with Gasteiger partial charge in [0.05, 0.1) is 15.7 Å². The van der Waals surface area contributed by atoms with Crippen molar-refractivity contribution in [3.8, 4) is 0 Å². The van der Waals surface area contributed by atoms with Crippen LogP contribution in [0.1, 0.15) is 22.5 Å². The van der Waals surface area contributed by atoms with Crippen molar-refractivity contribution in [2.24, 2.45) is 5.92 Å². The highest BCUT2D eigenvalue weighted by atomic mass is 32.2. The molecule has 0 spiro atoms. The van der Waals surface area contributed by atoms with Crippen molar-refractivity contribution in [2.45, 2.75) is 23.8 Å². The molecule has 0 radical (unpaired) electrons.